The van der Waals surface area contributed by atoms with Gasteiger partial charge in [-0.1, -0.05) is 54.2 Å². The van der Waals surface area contributed by atoms with Crippen molar-refractivity contribution in [3.8, 4) is 11.3 Å². The Bertz CT molecular complexity index is 1230. The third-order valence-electron chi connectivity index (χ3n) is 5.29. The number of amides is 1. The molecule has 0 atom stereocenters. The highest BCUT2D eigenvalue weighted by molar-refractivity contribution is 7.99. The molecule has 1 fully saturated rings. The summed E-state index contributed by atoms with van der Waals surface area (Å²) in [4.78, 5) is 20.9. The molecule has 0 bridgehead atoms. The highest BCUT2D eigenvalue weighted by Crippen LogP contribution is 2.39. The molecule has 5 rings (SSSR count). The molecule has 0 aliphatic heterocycles. The van der Waals surface area contributed by atoms with E-state index >= 15 is 0 Å². The van der Waals surface area contributed by atoms with Gasteiger partial charge in [-0.05, 0) is 24.3 Å². The number of thioether (sulfide) groups is 1. The lowest BCUT2D eigenvalue weighted by atomic mass is 10.2. The Kier molecular flexibility index (Phi) is 6.70. The molecule has 168 valence electrons. The van der Waals surface area contributed by atoms with Crippen LogP contribution >= 0.6 is 34.4 Å². The minimum atomic E-state index is -0.0148. The molecule has 9 heteroatoms. The fourth-order valence-electron chi connectivity index (χ4n) is 3.54. The van der Waals surface area contributed by atoms with Gasteiger partial charge in [0.1, 0.15) is 5.82 Å². The number of benzene rings is 1. The predicted molar refractivity (Wildman–Crippen MR) is 136 cm³/mol. The molecule has 33 heavy (non-hydrogen) atoms. The first kappa shape index (κ1) is 22.1. The molecular weight excluding hydrogens is 470 g/mol. The lowest BCUT2D eigenvalue weighted by Gasteiger charge is -2.18. The Hall–Kier alpha value is -2.75. The summed E-state index contributed by atoms with van der Waals surface area (Å²) in [7, 11) is 0. The summed E-state index contributed by atoms with van der Waals surface area (Å²) >= 11 is 4.65. The van der Waals surface area contributed by atoms with Gasteiger partial charge in [0.2, 0.25) is 5.91 Å². The number of rotatable bonds is 10. The smallest absolute Gasteiger partial charge is 0.239 e. The minimum Gasteiger partial charge on any atom is -0.303 e. The van der Waals surface area contributed by atoms with Crippen molar-refractivity contribution in [2.75, 3.05) is 17.2 Å². The van der Waals surface area contributed by atoms with Gasteiger partial charge < -0.3 is 4.57 Å². The summed E-state index contributed by atoms with van der Waals surface area (Å²) < 4.78 is 2.23. The molecule has 1 saturated carbocycles. The monoisotopic (exact) mass is 493 g/mol. The Morgan fingerprint density at radius 3 is 2.76 bits per heavy atom. The Morgan fingerprint density at radius 1 is 1.18 bits per heavy atom. The molecule has 0 spiro atoms. The van der Waals surface area contributed by atoms with E-state index in [4.69, 9.17) is 4.98 Å². The normalized spacial score (nSPS) is 13.2. The van der Waals surface area contributed by atoms with Crippen molar-refractivity contribution in [2.24, 2.45) is 0 Å². The lowest BCUT2D eigenvalue weighted by Crippen LogP contribution is -2.32. The zero-order valence-corrected chi connectivity index (χ0v) is 20.4. The van der Waals surface area contributed by atoms with Gasteiger partial charge >= 0.3 is 0 Å². The van der Waals surface area contributed by atoms with Crippen molar-refractivity contribution in [2.45, 2.75) is 30.5 Å². The number of nitrogens with zero attached hydrogens (tertiary/aromatic N) is 5. The molecule has 0 radical (unpaired) electrons. The van der Waals surface area contributed by atoms with E-state index in [1.165, 1.54) is 28.0 Å². The largest absolute Gasteiger partial charge is 0.303 e. The number of carbonyl (C=O) groups is 1. The van der Waals surface area contributed by atoms with Gasteiger partial charge in [0.05, 0.1) is 11.4 Å². The van der Waals surface area contributed by atoms with Gasteiger partial charge in [-0.2, -0.15) is 0 Å². The van der Waals surface area contributed by atoms with Gasteiger partial charge in [0.25, 0.3) is 0 Å². The number of aromatic nitrogens is 4. The highest BCUT2D eigenvalue weighted by atomic mass is 32.2. The second-order valence-corrected chi connectivity index (χ2v) is 10.5. The van der Waals surface area contributed by atoms with Crippen molar-refractivity contribution in [3.63, 3.8) is 0 Å². The highest BCUT2D eigenvalue weighted by Gasteiger charge is 2.30. The molecule has 0 N–H and O–H groups in total. The minimum absolute atomic E-state index is 0.0148. The first-order chi connectivity index (χ1) is 16.2. The van der Waals surface area contributed by atoms with Crippen LogP contribution in [0.25, 0.3) is 11.3 Å². The van der Waals surface area contributed by atoms with Crippen LogP contribution in [0.1, 0.15) is 29.6 Å². The summed E-state index contributed by atoms with van der Waals surface area (Å²) in [6.07, 6.45) is 4.79. The molecule has 1 amide bonds. The predicted octanol–water partition coefficient (Wildman–Crippen LogP) is 5.70. The van der Waals surface area contributed by atoms with Crippen molar-refractivity contribution < 1.29 is 4.79 Å². The number of anilines is 1. The van der Waals surface area contributed by atoms with Crippen LogP contribution in [0, 0.1) is 0 Å². The average Bonchev–Trinajstić information content (AvgIpc) is 3.21. The molecular formula is C24H23N5OS3. The molecule has 0 saturated heterocycles. The van der Waals surface area contributed by atoms with Crippen molar-refractivity contribution in [1.29, 1.82) is 0 Å². The quantitative estimate of drug-likeness (QED) is 0.209. The van der Waals surface area contributed by atoms with Crippen LogP contribution in [0.2, 0.25) is 0 Å². The summed E-state index contributed by atoms with van der Waals surface area (Å²) in [6, 6.07) is 14.6. The van der Waals surface area contributed by atoms with E-state index in [9.17, 15) is 4.79 Å². The number of thiazole rings is 1. The van der Waals surface area contributed by atoms with E-state index in [0.717, 1.165) is 41.5 Å². The van der Waals surface area contributed by atoms with E-state index in [1.807, 2.05) is 35.7 Å². The number of thiophene rings is 1. The van der Waals surface area contributed by atoms with Crippen LogP contribution in [0.4, 0.5) is 5.13 Å². The molecule has 0 unspecified atom stereocenters. The molecule has 4 aromatic rings. The molecule has 1 aromatic carbocycles. The Balaban J connectivity index is 1.30. The van der Waals surface area contributed by atoms with Gasteiger partial charge in [-0.15, -0.1) is 39.4 Å². The maximum atomic E-state index is 13.2. The van der Waals surface area contributed by atoms with Crippen LogP contribution in [0.3, 0.4) is 0 Å². The SMILES string of the molecule is C=CCN(C(=O)CSc1nnc(Cc2cccs2)n1C1CC1)c1nc(-c2ccccc2)cs1. The summed E-state index contributed by atoms with van der Waals surface area (Å²) in [5.41, 5.74) is 1.91. The van der Waals surface area contributed by atoms with Crippen LogP contribution in [0.5, 0.6) is 0 Å². The first-order valence-corrected chi connectivity index (χ1v) is 13.5. The fraction of sp³-hybridized carbons (Fsp3) is 0.250. The number of carbonyl (C=O) groups excluding carboxylic acids is 1. The van der Waals surface area contributed by atoms with Crippen molar-refractivity contribution >= 4 is 45.5 Å². The standard InChI is InChI=1S/C24H23N5OS3/c1-2-12-28(23-25-20(15-32-23)17-7-4-3-5-8-17)22(30)16-33-24-27-26-21(29(24)18-10-11-18)14-19-9-6-13-31-19/h2-9,13,15,18H,1,10-12,14,16H2. The van der Waals surface area contributed by atoms with E-state index < -0.39 is 0 Å². The lowest BCUT2D eigenvalue weighted by molar-refractivity contribution is -0.116. The maximum absolute atomic E-state index is 13.2. The van der Waals surface area contributed by atoms with E-state index in [2.05, 4.69) is 38.9 Å². The van der Waals surface area contributed by atoms with Crippen LogP contribution in [-0.4, -0.2) is 38.0 Å². The summed E-state index contributed by atoms with van der Waals surface area (Å²) in [5.74, 6) is 1.24. The van der Waals surface area contributed by atoms with Crippen LogP contribution in [-0.2, 0) is 11.2 Å². The summed E-state index contributed by atoms with van der Waals surface area (Å²) in [6.45, 7) is 4.24. The van der Waals surface area contributed by atoms with Gasteiger partial charge in [0, 0.05) is 34.8 Å². The third kappa shape index (κ3) is 5.10. The Morgan fingerprint density at radius 2 is 2.03 bits per heavy atom. The number of hydrogen-bond acceptors (Lipinski definition) is 7. The van der Waals surface area contributed by atoms with Crippen molar-refractivity contribution in [1.82, 2.24) is 19.7 Å². The van der Waals surface area contributed by atoms with Gasteiger partial charge in [-0.25, -0.2) is 4.98 Å². The van der Waals surface area contributed by atoms with Crippen LogP contribution in [0.15, 0.2) is 71.0 Å². The fourth-order valence-corrected chi connectivity index (χ4v) is 6.01. The zero-order valence-electron chi connectivity index (χ0n) is 18.0. The third-order valence-corrected chi connectivity index (χ3v) is 7.96. The molecule has 3 heterocycles. The number of hydrogen-bond donors (Lipinski definition) is 0. The molecule has 6 nitrogen and oxygen atoms in total. The van der Waals surface area contributed by atoms with Gasteiger partial charge in [0.15, 0.2) is 10.3 Å². The van der Waals surface area contributed by atoms with E-state index in [1.54, 1.807) is 22.3 Å². The second-order valence-electron chi connectivity index (χ2n) is 7.72. The first-order valence-electron chi connectivity index (χ1n) is 10.7. The summed E-state index contributed by atoms with van der Waals surface area (Å²) in [5, 5.41) is 14.5. The van der Waals surface area contributed by atoms with Crippen molar-refractivity contribution in [3.05, 3.63) is 76.6 Å². The maximum Gasteiger partial charge on any atom is 0.239 e. The van der Waals surface area contributed by atoms with E-state index in [-0.39, 0.29) is 11.7 Å². The average molecular weight is 494 g/mol. The Labute approximate surface area is 205 Å². The zero-order chi connectivity index (χ0) is 22.6. The molecule has 1 aliphatic carbocycles. The molecule has 1 aliphatic rings. The topological polar surface area (TPSA) is 63.9 Å². The van der Waals surface area contributed by atoms with Crippen LogP contribution < -0.4 is 4.90 Å². The molecule has 3 aromatic heterocycles. The van der Waals surface area contributed by atoms with Gasteiger partial charge in [-0.3, -0.25) is 9.69 Å². The van der Waals surface area contributed by atoms with E-state index in [0.29, 0.717) is 17.7 Å². The second kappa shape index (κ2) is 10.0.